The highest BCUT2D eigenvalue weighted by molar-refractivity contribution is 5.87. The average Bonchev–Trinajstić information content (AvgIpc) is 2.34. The summed E-state index contributed by atoms with van der Waals surface area (Å²) in [6.07, 6.45) is 0.670. The van der Waals surface area contributed by atoms with E-state index in [4.69, 9.17) is 5.73 Å². The first kappa shape index (κ1) is 13.9. The van der Waals surface area contributed by atoms with Crippen LogP contribution in [0.25, 0.3) is 0 Å². The fraction of sp³-hybridized carbons (Fsp3) is 0.533. The second kappa shape index (κ2) is 5.21. The van der Waals surface area contributed by atoms with E-state index in [2.05, 4.69) is 49.2 Å². The van der Waals surface area contributed by atoms with Crippen molar-refractivity contribution >= 4 is 11.6 Å². The molecule has 1 aromatic rings. The van der Waals surface area contributed by atoms with Gasteiger partial charge in [0.2, 0.25) is 5.91 Å². The summed E-state index contributed by atoms with van der Waals surface area (Å²) in [5.74, 6) is 0.0753. The van der Waals surface area contributed by atoms with E-state index in [0.717, 1.165) is 5.69 Å². The zero-order chi connectivity index (χ0) is 14.0. The Hall–Kier alpha value is -1.55. The van der Waals surface area contributed by atoms with Gasteiger partial charge in [-0.3, -0.25) is 4.79 Å². The van der Waals surface area contributed by atoms with Crippen molar-refractivity contribution in [2.45, 2.75) is 38.8 Å². The number of piperazine rings is 1. The fourth-order valence-corrected chi connectivity index (χ4v) is 2.77. The van der Waals surface area contributed by atoms with Crippen LogP contribution in [-0.4, -0.2) is 30.6 Å². The normalized spacial score (nSPS) is 22.2. The summed E-state index contributed by atoms with van der Waals surface area (Å²) in [7, 11) is 0. The van der Waals surface area contributed by atoms with E-state index in [1.54, 1.807) is 0 Å². The fourth-order valence-electron chi connectivity index (χ4n) is 2.77. The Balaban J connectivity index is 2.42. The molecule has 1 amide bonds. The van der Waals surface area contributed by atoms with Gasteiger partial charge in [0.15, 0.2) is 0 Å². The first-order valence-corrected chi connectivity index (χ1v) is 6.79. The Bertz CT molecular complexity index is 470. The third-order valence-electron chi connectivity index (χ3n) is 3.68. The van der Waals surface area contributed by atoms with Gasteiger partial charge in [-0.05, 0) is 51.4 Å². The van der Waals surface area contributed by atoms with Crippen molar-refractivity contribution in [2.24, 2.45) is 5.73 Å². The van der Waals surface area contributed by atoms with Crippen molar-refractivity contribution in [2.75, 3.05) is 18.0 Å². The summed E-state index contributed by atoms with van der Waals surface area (Å²) in [6, 6.07) is 8.11. The number of rotatable bonds is 3. The smallest absolute Gasteiger partial charge is 0.242 e. The molecule has 4 nitrogen and oxygen atoms in total. The van der Waals surface area contributed by atoms with Crippen LogP contribution in [0.4, 0.5) is 5.69 Å². The average molecular weight is 261 g/mol. The van der Waals surface area contributed by atoms with Gasteiger partial charge in [0.05, 0.1) is 5.54 Å². The van der Waals surface area contributed by atoms with Crippen LogP contribution in [0.5, 0.6) is 0 Å². The summed E-state index contributed by atoms with van der Waals surface area (Å²) in [5, 5.41) is 2.99. The largest absolute Gasteiger partial charge is 0.353 e. The van der Waals surface area contributed by atoms with Crippen LogP contribution in [0.2, 0.25) is 0 Å². The van der Waals surface area contributed by atoms with Crippen LogP contribution < -0.4 is 16.0 Å². The predicted molar refractivity (Wildman–Crippen MR) is 78.2 cm³/mol. The van der Waals surface area contributed by atoms with Gasteiger partial charge in [-0.1, -0.05) is 12.1 Å². The van der Waals surface area contributed by atoms with Crippen molar-refractivity contribution in [3.63, 3.8) is 0 Å². The Labute approximate surface area is 115 Å². The molecule has 104 valence electrons. The first-order chi connectivity index (χ1) is 8.95. The Morgan fingerprint density at radius 2 is 2.21 bits per heavy atom. The molecule has 4 heteroatoms. The lowest BCUT2D eigenvalue weighted by Crippen LogP contribution is -2.66. The van der Waals surface area contributed by atoms with E-state index in [9.17, 15) is 4.79 Å². The van der Waals surface area contributed by atoms with E-state index < -0.39 is 0 Å². The third kappa shape index (κ3) is 2.73. The van der Waals surface area contributed by atoms with Crippen LogP contribution in [0, 0.1) is 6.92 Å². The van der Waals surface area contributed by atoms with E-state index >= 15 is 0 Å². The molecule has 0 bridgehead atoms. The standard InChI is InChI=1S/C15H23N3O/c1-11-5-4-6-12(9-11)18-13(7-8-16)14(19)17-10-15(18,2)3/h4-6,9,13H,7-8,10,16H2,1-3H3,(H,17,19). The van der Waals surface area contributed by atoms with Crippen molar-refractivity contribution in [1.29, 1.82) is 0 Å². The summed E-state index contributed by atoms with van der Waals surface area (Å²) >= 11 is 0. The zero-order valence-corrected chi connectivity index (χ0v) is 11.9. The van der Waals surface area contributed by atoms with Crippen molar-refractivity contribution in [3.05, 3.63) is 29.8 Å². The summed E-state index contributed by atoms with van der Waals surface area (Å²) < 4.78 is 0. The molecule has 1 saturated heterocycles. The zero-order valence-electron chi connectivity index (χ0n) is 11.9. The van der Waals surface area contributed by atoms with Gasteiger partial charge >= 0.3 is 0 Å². The highest BCUT2D eigenvalue weighted by Crippen LogP contribution is 2.30. The lowest BCUT2D eigenvalue weighted by atomic mass is 9.93. The number of nitrogens with zero attached hydrogens (tertiary/aromatic N) is 1. The van der Waals surface area contributed by atoms with Gasteiger partial charge in [-0.25, -0.2) is 0 Å². The van der Waals surface area contributed by atoms with Gasteiger partial charge in [0, 0.05) is 12.2 Å². The number of amides is 1. The number of aryl methyl sites for hydroxylation is 1. The maximum absolute atomic E-state index is 12.1. The van der Waals surface area contributed by atoms with Crippen molar-refractivity contribution < 1.29 is 4.79 Å². The molecule has 0 radical (unpaired) electrons. The van der Waals surface area contributed by atoms with Gasteiger partial charge in [-0.2, -0.15) is 0 Å². The monoisotopic (exact) mass is 261 g/mol. The lowest BCUT2D eigenvalue weighted by Gasteiger charge is -2.48. The molecule has 1 unspecified atom stereocenters. The molecule has 3 N–H and O–H groups in total. The van der Waals surface area contributed by atoms with Crippen LogP contribution >= 0.6 is 0 Å². The number of nitrogens with two attached hydrogens (primary N) is 1. The maximum Gasteiger partial charge on any atom is 0.242 e. The van der Waals surface area contributed by atoms with Crippen LogP contribution in [0.15, 0.2) is 24.3 Å². The molecule has 1 aromatic carbocycles. The maximum atomic E-state index is 12.1. The van der Waals surface area contributed by atoms with Crippen molar-refractivity contribution in [1.82, 2.24) is 5.32 Å². The molecule has 1 atom stereocenters. The Morgan fingerprint density at radius 3 is 2.84 bits per heavy atom. The van der Waals surface area contributed by atoms with Gasteiger partial charge in [0.1, 0.15) is 6.04 Å². The molecule has 1 fully saturated rings. The number of carbonyl (C=O) groups excluding carboxylic acids is 1. The lowest BCUT2D eigenvalue weighted by molar-refractivity contribution is -0.124. The number of anilines is 1. The number of benzene rings is 1. The van der Waals surface area contributed by atoms with E-state index in [1.807, 2.05) is 6.07 Å². The van der Waals surface area contributed by atoms with Gasteiger partial charge in [0.25, 0.3) is 0 Å². The first-order valence-electron chi connectivity index (χ1n) is 6.79. The van der Waals surface area contributed by atoms with E-state index in [-0.39, 0.29) is 17.5 Å². The molecular formula is C15H23N3O. The molecule has 1 aliphatic heterocycles. The summed E-state index contributed by atoms with van der Waals surface area (Å²) in [5.41, 5.74) is 7.86. The summed E-state index contributed by atoms with van der Waals surface area (Å²) in [6.45, 7) is 7.53. The van der Waals surface area contributed by atoms with Gasteiger partial charge < -0.3 is 16.0 Å². The quantitative estimate of drug-likeness (QED) is 0.865. The van der Waals surface area contributed by atoms with E-state index in [1.165, 1.54) is 5.56 Å². The number of nitrogens with one attached hydrogen (secondary N) is 1. The molecular weight excluding hydrogens is 238 g/mol. The topological polar surface area (TPSA) is 58.4 Å². The molecule has 1 aliphatic rings. The molecule has 0 aliphatic carbocycles. The van der Waals surface area contributed by atoms with Crippen molar-refractivity contribution in [3.8, 4) is 0 Å². The van der Waals surface area contributed by atoms with Crippen LogP contribution in [0.1, 0.15) is 25.8 Å². The minimum Gasteiger partial charge on any atom is -0.353 e. The van der Waals surface area contributed by atoms with Gasteiger partial charge in [-0.15, -0.1) is 0 Å². The SMILES string of the molecule is Cc1cccc(N2C(CCN)C(=O)NCC2(C)C)c1. The Kier molecular flexibility index (Phi) is 3.80. The van der Waals surface area contributed by atoms with Crippen LogP contribution in [0.3, 0.4) is 0 Å². The third-order valence-corrected chi connectivity index (χ3v) is 3.68. The molecule has 0 aromatic heterocycles. The number of hydrogen-bond donors (Lipinski definition) is 2. The number of carbonyl (C=O) groups is 1. The second-order valence-corrected chi connectivity index (χ2v) is 5.83. The molecule has 1 heterocycles. The molecule has 0 saturated carbocycles. The second-order valence-electron chi connectivity index (χ2n) is 5.83. The Morgan fingerprint density at radius 1 is 1.47 bits per heavy atom. The predicted octanol–water partition coefficient (Wildman–Crippen LogP) is 1.43. The highest BCUT2D eigenvalue weighted by atomic mass is 16.2. The minimum absolute atomic E-state index is 0.0753. The number of hydrogen-bond acceptors (Lipinski definition) is 3. The molecule has 0 spiro atoms. The van der Waals surface area contributed by atoms with E-state index in [0.29, 0.717) is 19.5 Å². The highest BCUT2D eigenvalue weighted by Gasteiger charge is 2.40. The minimum atomic E-state index is -0.185. The summed E-state index contributed by atoms with van der Waals surface area (Å²) in [4.78, 5) is 14.3. The van der Waals surface area contributed by atoms with Crippen LogP contribution in [-0.2, 0) is 4.79 Å². The molecule has 2 rings (SSSR count). The molecule has 19 heavy (non-hydrogen) atoms.